The van der Waals surface area contributed by atoms with Crippen molar-refractivity contribution in [1.82, 2.24) is 10.3 Å². The Kier molecular flexibility index (Phi) is 8.55. The maximum atomic E-state index is 13.0. The summed E-state index contributed by atoms with van der Waals surface area (Å²) in [6.07, 6.45) is 0. The van der Waals surface area contributed by atoms with Crippen LogP contribution in [-0.2, 0) is 0 Å². The zero-order valence-electron chi connectivity index (χ0n) is 20.7. The van der Waals surface area contributed by atoms with E-state index in [9.17, 15) is 14.7 Å². The highest BCUT2D eigenvalue weighted by Gasteiger charge is 2.22. The third-order valence-corrected chi connectivity index (χ3v) is 5.72. The van der Waals surface area contributed by atoms with Crippen LogP contribution in [-0.4, -0.2) is 60.0 Å². The van der Waals surface area contributed by atoms with E-state index in [0.717, 1.165) is 0 Å². The quantitative estimate of drug-likeness (QED) is 0.313. The second-order valence-electron chi connectivity index (χ2n) is 8.51. The zero-order valence-corrected chi connectivity index (χ0v) is 20.7. The van der Waals surface area contributed by atoms with Crippen LogP contribution >= 0.6 is 0 Å². The predicted molar refractivity (Wildman–Crippen MR) is 135 cm³/mol. The fourth-order valence-corrected chi connectivity index (χ4v) is 3.75. The van der Waals surface area contributed by atoms with Gasteiger partial charge in [-0.1, -0.05) is 19.9 Å². The van der Waals surface area contributed by atoms with Gasteiger partial charge in [-0.2, -0.15) is 0 Å². The summed E-state index contributed by atoms with van der Waals surface area (Å²) >= 11 is 0. The molecular formula is C26H31N3O7. The van der Waals surface area contributed by atoms with E-state index < -0.39 is 5.97 Å². The van der Waals surface area contributed by atoms with Gasteiger partial charge < -0.3 is 35.5 Å². The lowest BCUT2D eigenvalue weighted by Crippen LogP contribution is -2.42. The third kappa shape index (κ3) is 5.77. The minimum absolute atomic E-state index is 0.0188. The van der Waals surface area contributed by atoms with Crippen LogP contribution in [0.5, 0.6) is 17.2 Å². The third-order valence-electron chi connectivity index (χ3n) is 5.72. The number of pyridine rings is 1. The number of anilines is 1. The van der Waals surface area contributed by atoms with E-state index in [4.69, 9.17) is 25.1 Å². The summed E-state index contributed by atoms with van der Waals surface area (Å²) in [5, 5.41) is 21.9. The number of methoxy groups -OCH3 is 1. The Morgan fingerprint density at radius 1 is 1.11 bits per heavy atom. The van der Waals surface area contributed by atoms with Gasteiger partial charge in [0.1, 0.15) is 24.5 Å². The Balaban J connectivity index is 1.81. The van der Waals surface area contributed by atoms with E-state index in [0.29, 0.717) is 39.4 Å². The Labute approximate surface area is 209 Å². The summed E-state index contributed by atoms with van der Waals surface area (Å²) < 4.78 is 16.8. The summed E-state index contributed by atoms with van der Waals surface area (Å²) in [7, 11) is 1.47. The van der Waals surface area contributed by atoms with E-state index in [1.807, 2.05) is 13.8 Å². The highest BCUT2D eigenvalue weighted by atomic mass is 16.5. The number of aliphatic hydroxyl groups excluding tert-OH is 1. The number of amides is 1. The van der Waals surface area contributed by atoms with Crippen molar-refractivity contribution in [3.63, 3.8) is 0 Å². The zero-order chi connectivity index (χ0) is 26.4. The molecule has 1 aromatic heterocycles. The molecule has 0 spiro atoms. The Bertz CT molecular complexity index is 1260. The van der Waals surface area contributed by atoms with Crippen molar-refractivity contribution in [2.75, 3.05) is 32.7 Å². The smallest absolute Gasteiger partial charge is 0.339 e. The molecule has 0 aliphatic carbocycles. The minimum atomic E-state index is -1.16. The number of carbonyl (C=O) groups is 2. The lowest BCUT2D eigenvalue weighted by atomic mass is 10.0. The number of carboxylic acid groups (broad SMARTS) is 1. The van der Waals surface area contributed by atoms with Crippen LogP contribution in [0.2, 0.25) is 0 Å². The fourth-order valence-electron chi connectivity index (χ4n) is 3.75. The number of aliphatic hydroxyl groups is 1. The number of nitrogens with one attached hydrogen (secondary N) is 1. The number of nitrogens with zero attached hydrogens (tertiary/aromatic N) is 1. The molecule has 192 valence electrons. The molecule has 1 atom stereocenters. The van der Waals surface area contributed by atoms with Crippen molar-refractivity contribution in [2.24, 2.45) is 5.92 Å². The topological polar surface area (TPSA) is 153 Å². The van der Waals surface area contributed by atoms with Gasteiger partial charge in [-0.15, -0.1) is 0 Å². The van der Waals surface area contributed by atoms with Gasteiger partial charge in [0.15, 0.2) is 11.5 Å². The van der Waals surface area contributed by atoms with Crippen LogP contribution in [0.25, 0.3) is 10.9 Å². The van der Waals surface area contributed by atoms with Crippen molar-refractivity contribution in [3.8, 4) is 17.2 Å². The van der Waals surface area contributed by atoms with Crippen molar-refractivity contribution in [1.29, 1.82) is 0 Å². The molecular weight excluding hydrogens is 466 g/mol. The van der Waals surface area contributed by atoms with Gasteiger partial charge in [0, 0.05) is 5.56 Å². The highest BCUT2D eigenvalue weighted by molar-refractivity contribution is 6.06. The Hall–Kier alpha value is -4.05. The molecule has 2 aromatic carbocycles. The largest absolute Gasteiger partial charge is 0.493 e. The van der Waals surface area contributed by atoms with Gasteiger partial charge in [-0.25, -0.2) is 4.79 Å². The lowest BCUT2D eigenvalue weighted by Gasteiger charge is -2.24. The molecule has 3 aromatic rings. The Morgan fingerprint density at radius 3 is 2.50 bits per heavy atom. The maximum Gasteiger partial charge on any atom is 0.339 e. The van der Waals surface area contributed by atoms with Gasteiger partial charge in [0.05, 0.1) is 42.0 Å². The van der Waals surface area contributed by atoms with Gasteiger partial charge in [-0.05, 0) is 43.2 Å². The molecule has 0 fully saturated rings. The maximum absolute atomic E-state index is 13.0. The number of carboxylic acids is 1. The number of carbonyl (C=O) groups excluding carboxylic acids is 1. The summed E-state index contributed by atoms with van der Waals surface area (Å²) in [4.78, 5) is 29.0. The van der Waals surface area contributed by atoms with Crippen LogP contribution in [0.15, 0.2) is 36.4 Å². The van der Waals surface area contributed by atoms with Crippen LogP contribution in [0.4, 0.5) is 5.69 Å². The molecule has 0 saturated carbocycles. The van der Waals surface area contributed by atoms with Gasteiger partial charge in [0.25, 0.3) is 5.91 Å². The van der Waals surface area contributed by atoms with Crippen LogP contribution in [0, 0.1) is 12.8 Å². The van der Waals surface area contributed by atoms with E-state index in [1.165, 1.54) is 7.11 Å². The number of aromatic nitrogens is 1. The summed E-state index contributed by atoms with van der Waals surface area (Å²) in [6.45, 7) is 5.58. The molecule has 0 radical (unpaired) electrons. The van der Waals surface area contributed by atoms with E-state index in [1.54, 1.807) is 43.3 Å². The highest BCUT2D eigenvalue weighted by Crippen LogP contribution is 2.34. The number of rotatable bonds is 11. The molecule has 0 aliphatic heterocycles. The lowest BCUT2D eigenvalue weighted by molar-refractivity contribution is 0.0696. The van der Waals surface area contributed by atoms with Crippen molar-refractivity contribution in [2.45, 2.75) is 26.8 Å². The number of benzene rings is 2. The first-order chi connectivity index (χ1) is 17.2. The molecule has 10 heteroatoms. The van der Waals surface area contributed by atoms with E-state index >= 15 is 0 Å². The summed E-state index contributed by atoms with van der Waals surface area (Å²) in [5.41, 5.74) is 7.44. The molecule has 1 unspecified atom stereocenters. The number of hydrogen-bond donors (Lipinski definition) is 4. The number of aryl methyl sites for hydroxylation is 1. The van der Waals surface area contributed by atoms with Gasteiger partial charge >= 0.3 is 5.97 Å². The first-order valence-electron chi connectivity index (χ1n) is 11.4. The number of ether oxygens (including phenoxy) is 3. The molecule has 0 saturated heterocycles. The monoisotopic (exact) mass is 497 g/mol. The van der Waals surface area contributed by atoms with Crippen molar-refractivity contribution < 1.29 is 34.0 Å². The normalized spacial score (nSPS) is 11.8. The predicted octanol–water partition coefficient (Wildman–Crippen LogP) is 3.04. The second-order valence-corrected chi connectivity index (χ2v) is 8.51. The van der Waals surface area contributed by atoms with Crippen LogP contribution in [0.3, 0.4) is 0 Å². The molecule has 10 nitrogen and oxygen atoms in total. The van der Waals surface area contributed by atoms with Crippen LogP contribution in [0.1, 0.15) is 40.3 Å². The number of nitrogen functional groups attached to an aromatic ring is 1. The van der Waals surface area contributed by atoms with E-state index in [2.05, 4.69) is 10.3 Å². The molecule has 1 amide bonds. The van der Waals surface area contributed by atoms with Gasteiger partial charge in [-0.3, -0.25) is 9.78 Å². The Morgan fingerprint density at radius 2 is 1.86 bits per heavy atom. The van der Waals surface area contributed by atoms with Gasteiger partial charge in [0.2, 0.25) is 0 Å². The average Bonchev–Trinajstić information content (AvgIpc) is 2.84. The van der Waals surface area contributed by atoms with Crippen molar-refractivity contribution in [3.05, 3.63) is 53.2 Å². The number of aromatic carboxylic acids is 1. The standard InChI is InChI=1S/C26H31N3O7/c1-14(2)18(29-25(31)16-8-9-19(35-11-10-30)21(12-16)34-4)13-36-20-7-5-6-17-23(20)24(27)22(26(32)33)15(3)28-17/h5-9,12,14,18,30H,10-11,13H2,1-4H3,(H2,27,28)(H,29,31)(H,32,33). The first-order valence-corrected chi connectivity index (χ1v) is 11.4. The summed E-state index contributed by atoms with van der Waals surface area (Å²) in [5.74, 6) is -0.296. The number of fused-ring (bicyclic) bond motifs is 1. The molecule has 36 heavy (non-hydrogen) atoms. The number of nitrogens with two attached hydrogens (primary N) is 1. The molecule has 1 heterocycles. The van der Waals surface area contributed by atoms with Crippen LogP contribution < -0.4 is 25.3 Å². The summed E-state index contributed by atoms with van der Waals surface area (Å²) in [6, 6.07) is 9.58. The number of hydrogen-bond acceptors (Lipinski definition) is 8. The van der Waals surface area contributed by atoms with Crippen molar-refractivity contribution >= 4 is 28.5 Å². The fraction of sp³-hybridized carbons (Fsp3) is 0.346. The first kappa shape index (κ1) is 26.6. The van der Waals surface area contributed by atoms with E-state index in [-0.39, 0.29) is 48.9 Å². The molecule has 5 N–H and O–H groups in total. The second kappa shape index (κ2) is 11.6. The average molecular weight is 498 g/mol. The molecule has 0 bridgehead atoms. The molecule has 3 rings (SSSR count). The SMILES string of the molecule is COc1cc(C(=O)NC(COc2cccc3nc(C)c(C(=O)O)c(N)c23)C(C)C)ccc1OCCO. The molecule has 0 aliphatic rings. The minimum Gasteiger partial charge on any atom is -0.493 e.